The zero-order valence-electron chi connectivity index (χ0n) is 12.5. The van der Waals surface area contributed by atoms with Crippen LogP contribution >= 0.6 is 0 Å². The van der Waals surface area contributed by atoms with Crippen molar-refractivity contribution in [3.05, 3.63) is 0 Å². The zero-order valence-corrected chi connectivity index (χ0v) is 12.5. The lowest BCUT2D eigenvalue weighted by Gasteiger charge is -2.30. The minimum atomic E-state index is -0.934. The molecule has 1 atom stereocenters. The van der Waals surface area contributed by atoms with E-state index in [1.165, 1.54) is 0 Å². The van der Waals surface area contributed by atoms with E-state index in [4.69, 9.17) is 4.74 Å². The van der Waals surface area contributed by atoms with Crippen molar-refractivity contribution in [1.29, 1.82) is 0 Å². The van der Waals surface area contributed by atoms with Gasteiger partial charge in [-0.15, -0.1) is 0 Å². The Morgan fingerprint density at radius 3 is 2.11 bits per heavy atom. The van der Waals surface area contributed by atoms with E-state index in [0.29, 0.717) is 6.42 Å². The standard InChI is InChI=1S/C15H30O3/c1-5-9-11-13(16)18-14(17)15(7-3,8-4)12-10-6-2/h13,16H,5-12H2,1-4H3. The SMILES string of the molecule is CCCCC(O)OC(=O)C(CC)(CC)CCCC. The van der Waals surface area contributed by atoms with Gasteiger partial charge in [0.15, 0.2) is 0 Å². The van der Waals surface area contributed by atoms with Gasteiger partial charge in [-0.1, -0.05) is 47.0 Å². The molecule has 18 heavy (non-hydrogen) atoms. The number of unbranched alkanes of at least 4 members (excludes halogenated alkanes) is 2. The molecule has 3 heteroatoms. The predicted octanol–water partition coefficient (Wildman–Crippen LogP) is 4.03. The van der Waals surface area contributed by atoms with Gasteiger partial charge in [0, 0.05) is 6.42 Å². The average molecular weight is 258 g/mol. The number of carbonyl (C=O) groups excluding carboxylic acids is 1. The number of hydrogen-bond donors (Lipinski definition) is 1. The summed E-state index contributed by atoms with van der Waals surface area (Å²) in [5, 5.41) is 9.69. The first-order valence-corrected chi connectivity index (χ1v) is 7.45. The maximum absolute atomic E-state index is 12.2. The van der Waals surface area contributed by atoms with Crippen LogP contribution < -0.4 is 0 Å². The molecule has 0 aromatic heterocycles. The zero-order chi connectivity index (χ0) is 14.0. The first-order valence-electron chi connectivity index (χ1n) is 7.45. The number of aliphatic hydroxyl groups is 1. The Morgan fingerprint density at radius 2 is 1.67 bits per heavy atom. The second-order valence-corrected chi connectivity index (χ2v) is 5.09. The Bertz CT molecular complexity index is 222. The molecule has 0 fully saturated rings. The Balaban J connectivity index is 4.45. The van der Waals surface area contributed by atoms with Gasteiger partial charge < -0.3 is 9.84 Å². The fourth-order valence-corrected chi connectivity index (χ4v) is 2.20. The quantitative estimate of drug-likeness (QED) is 0.475. The molecule has 108 valence electrons. The normalized spacial score (nSPS) is 13.4. The lowest BCUT2D eigenvalue weighted by atomic mass is 9.78. The maximum Gasteiger partial charge on any atom is 0.314 e. The topological polar surface area (TPSA) is 46.5 Å². The maximum atomic E-state index is 12.2. The van der Waals surface area contributed by atoms with E-state index in [-0.39, 0.29) is 5.97 Å². The number of aliphatic hydroxyl groups excluding tert-OH is 1. The highest BCUT2D eigenvalue weighted by Gasteiger charge is 2.36. The second kappa shape index (κ2) is 9.37. The van der Waals surface area contributed by atoms with Crippen LogP contribution in [0.15, 0.2) is 0 Å². The molecule has 0 saturated carbocycles. The van der Waals surface area contributed by atoms with Crippen LogP contribution in [-0.2, 0) is 9.53 Å². The molecule has 1 N–H and O–H groups in total. The van der Waals surface area contributed by atoms with Crippen molar-refractivity contribution in [2.24, 2.45) is 5.41 Å². The third kappa shape index (κ3) is 5.38. The lowest BCUT2D eigenvalue weighted by molar-refractivity contribution is -0.182. The summed E-state index contributed by atoms with van der Waals surface area (Å²) in [4.78, 5) is 12.2. The number of carbonyl (C=O) groups is 1. The van der Waals surface area contributed by atoms with Gasteiger partial charge >= 0.3 is 5.97 Å². The molecule has 0 amide bonds. The predicted molar refractivity (Wildman–Crippen MR) is 74.2 cm³/mol. The number of esters is 1. The second-order valence-electron chi connectivity index (χ2n) is 5.09. The molecule has 1 unspecified atom stereocenters. The molecule has 0 radical (unpaired) electrons. The van der Waals surface area contributed by atoms with Crippen molar-refractivity contribution in [2.75, 3.05) is 0 Å². The van der Waals surface area contributed by atoms with Crippen molar-refractivity contribution in [3.63, 3.8) is 0 Å². The van der Waals surface area contributed by atoms with Crippen LogP contribution in [0.5, 0.6) is 0 Å². The molecule has 0 saturated heterocycles. The summed E-state index contributed by atoms with van der Waals surface area (Å²) in [5.41, 5.74) is -0.400. The van der Waals surface area contributed by atoms with E-state index >= 15 is 0 Å². The average Bonchev–Trinajstić information content (AvgIpc) is 2.38. The van der Waals surface area contributed by atoms with E-state index in [1.54, 1.807) is 0 Å². The summed E-state index contributed by atoms with van der Waals surface area (Å²) in [6.45, 7) is 8.23. The molecule has 0 aliphatic rings. The van der Waals surface area contributed by atoms with Gasteiger partial charge in [-0.3, -0.25) is 4.79 Å². The third-order valence-corrected chi connectivity index (χ3v) is 3.84. The van der Waals surface area contributed by atoms with E-state index in [2.05, 4.69) is 13.8 Å². The van der Waals surface area contributed by atoms with Gasteiger partial charge in [-0.25, -0.2) is 0 Å². The Labute approximate surface area is 112 Å². The van der Waals surface area contributed by atoms with Crippen molar-refractivity contribution in [1.82, 2.24) is 0 Å². The van der Waals surface area contributed by atoms with E-state index in [1.807, 2.05) is 13.8 Å². The third-order valence-electron chi connectivity index (χ3n) is 3.84. The van der Waals surface area contributed by atoms with Crippen molar-refractivity contribution < 1.29 is 14.6 Å². The van der Waals surface area contributed by atoms with Gasteiger partial charge in [0.05, 0.1) is 5.41 Å². The summed E-state index contributed by atoms with van der Waals surface area (Å²) < 4.78 is 5.21. The molecule has 0 aliphatic carbocycles. The molecule has 0 aromatic carbocycles. The fourth-order valence-electron chi connectivity index (χ4n) is 2.20. The molecule has 0 aromatic rings. The van der Waals surface area contributed by atoms with Crippen molar-refractivity contribution in [3.8, 4) is 0 Å². The highest BCUT2D eigenvalue weighted by Crippen LogP contribution is 2.34. The van der Waals surface area contributed by atoms with Crippen LogP contribution in [0.3, 0.4) is 0 Å². The summed E-state index contributed by atoms with van der Waals surface area (Å²) >= 11 is 0. The highest BCUT2D eigenvalue weighted by molar-refractivity contribution is 5.76. The lowest BCUT2D eigenvalue weighted by Crippen LogP contribution is -2.34. The Morgan fingerprint density at radius 1 is 1.11 bits per heavy atom. The molecule has 0 bridgehead atoms. The summed E-state index contributed by atoms with van der Waals surface area (Å²) in [7, 11) is 0. The molecule has 0 heterocycles. The number of ether oxygens (including phenoxy) is 1. The van der Waals surface area contributed by atoms with Crippen molar-refractivity contribution in [2.45, 2.75) is 85.4 Å². The van der Waals surface area contributed by atoms with Gasteiger partial charge in [0.25, 0.3) is 0 Å². The first kappa shape index (κ1) is 17.4. The van der Waals surface area contributed by atoms with E-state index in [0.717, 1.165) is 44.9 Å². The van der Waals surface area contributed by atoms with E-state index in [9.17, 15) is 9.90 Å². The molecule has 3 nitrogen and oxygen atoms in total. The highest BCUT2D eigenvalue weighted by atomic mass is 16.6. The smallest absolute Gasteiger partial charge is 0.314 e. The minimum absolute atomic E-state index is 0.218. The van der Waals surface area contributed by atoms with Crippen LogP contribution in [0, 0.1) is 5.41 Å². The molecule has 0 aliphatic heterocycles. The van der Waals surface area contributed by atoms with Crippen molar-refractivity contribution >= 4 is 5.97 Å². The van der Waals surface area contributed by atoms with Gasteiger partial charge in [-0.2, -0.15) is 0 Å². The van der Waals surface area contributed by atoms with Gasteiger partial charge in [-0.05, 0) is 25.7 Å². The van der Waals surface area contributed by atoms with Crippen LogP contribution in [0.25, 0.3) is 0 Å². The summed E-state index contributed by atoms with van der Waals surface area (Å²) in [6.07, 6.45) is 6.01. The van der Waals surface area contributed by atoms with Crippen LogP contribution in [0.2, 0.25) is 0 Å². The minimum Gasteiger partial charge on any atom is -0.436 e. The first-order chi connectivity index (χ1) is 8.56. The van der Waals surface area contributed by atoms with Crippen LogP contribution in [-0.4, -0.2) is 17.4 Å². The molecular weight excluding hydrogens is 228 g/mol. The monoisotopic (exact) mass is 258 g/mol. The number of hydrogen-bond acceptors (Lipinski definition) is 3. The largest absolute Gasteiger partial charge is 0.436 e. The molecular formula is C15H30O3. The number of rotatable bonds is 10. The van der Waals surface area contributed by atoms with Gasteiger partial charge in [0.1, 0.15) is 0 Å². The Kier molecular flexibility index (Phi) is 9.08. The van der Waals surface area contributed by atoms with Gasteiger partial charge in [0.2, 0.25) is 6.29 Å². The van der Waals surface area contributed by atoms with E-state index < -0.39 is 11.7 Å². The molecule has 0 rings (SSSR count). The Hall–Kier alpha value is -0.570. The summed E-state index contributed by atoms with van der Waals surface area (Å²) in [5.74, 6) is -0.218. The van der Waals surface area contributed by atoms with Crippen LogP contribution in [0.1, 0.15) is 79.1 Å². The summed E-state index contributed by atoms with van der Waals surface area (Å²) in [6, 6.07) is 0. The molecule has 0 spiro atoms. The fraction of sp³-hybridized carbons (Fsp3) is 0.933. The van der Waals surface area contributed by atoms with Crippen LogP contribution in [0.4, 0.5) is 0 Å².